The van der Waals surface area contributed by atoms with Crippen molar-refractivity contribution in [3.05, 3.63) is 65.4 Å². The fraction of sp³-hybridized carbons (Fsp3) is 0.200. The van der Waals surface area contributed by atoms with Crippen LogP contribution in [0.3, 0.4) is 0 Å². The van der Waals surface area contributed by atoms with E-state index in [1.54, 1.807) is 0 Å². The zero-order valence-corrected chi connectivity index (χ0v) is 14.6. The fourth-order valence-electron chi connectivity index (χ4n) is 2.96. The van der Waals surface area contributed by atoms with Crippen LogP contribution in [0.4, 0.5) is 20.2 Å². The summed E-state index contributed by atoms with van der Waals surface area (Å²) >= 11 is 0. The first-order valence-electron chi connectivity index (χ1n) is 8.36. The molecule has 0 aliphatic rings. The number of aromatic nitrogens is 1. The number of halogens is 2. The number of fused-ring (bicyclic) bond motifs is 1. The van der Waals surface area contributed by atoms with E-state index in [-0.39, 0.29) is 18.1 Å². The molecule has 3 aromatic rings. The second-order valence-electron chi connectivity index (χ2n) is 5.95. The minimum absolute atomic E-state index is 0.000552. The largest absolute Gasteiger partial charge is 0.375 e. The maximum absolute atomic E-state index is 13.2. The summed E-state index contributed by atoms with van der Waals surface area (Å²) in [7, 11) is 0. The number of carbonyl (C=O) groups is 1. The van der Waals surface area contributed by atoms with E-state index in [0.717, 1.165) is 46.4 Å². The molecule has 6 heteroatoms. The van der Waals surface area contributed by atoms with Crippen molar-refractivity contribution in [3.8, 4) is 0 Å². The zero-order chi connectivity index (χ0) is 18.7. The third-order valence-electron chi connectivity index (χ3n) is 4.18. The van der Waals surface area contributed by atoms with E-state index in [2.05, 4.69) is 15.6 Å². The summed E-state index contributed by atoms with van der Waals surface area (Å²) in [6, 6.07) is 11.0. The Balaban J connectivity index is 1.80. The number of nitrogens with zero attached hydrogens (tertiary/aromatic N) is 1. The zero-order valence-electron chi connectivity index (χ0n) is 14.6. The Hall–Kier alpha value is -3.02. The summed E-state index contributed by atoms with van der Waals surface area (Å²) in [5, 5.41) is 6.67. The second kappa shape index (κ2) is 7.47. The maximum Gasteiger partial charge on any atom is 0.243 e. The number of para-hydroxylation sites is 1. The minimum Gasteiger partial charge on any atom is -0.375 e. The molecule has 0 atom stereocenters. The van der Waals surface area contributed by atoms with E-state index in [4.69, 9.17) is 0 Å². The molecule has 0 radical (unpaired) electrons. The van der Waals surface area contributed by atoms with Crippen LogP contribution in [0.1, 0.15) is 18.2 Å². The topological polar surface area (TPSA) is 54.0 Å². The third kappa shape index (κ3) is 3.64. The van der Waals surface area contributed by atoms with Crippen LogP contribution < -0.4 is 10.6 Å². The normalized spacial score (nSPS) is 10.8. The summed E-state index contributed by atoms with van der Waals surface area (Å²) in [6.45, 7) is 3.97. The van der Waals surface area contributed by atoms with Gasteiger partial charge in [0.05, 0.1) is 12.1 Å². The van der Waals surface area contributed by atoms with Gasteiger partial charge in [-0.15, -0.1) is 0 Å². The molecule has 0 saturated carbocycles. The standard InChI is InChI=1S/C20H19F2N3O/c1-3-14-12(2)24-18-7-5-4-6-15(18)20(14)23-11-19(26)25-13-8-9-16(21)17(22)10-13/h4-10H,3,11H2,1-2H3,(H,23,24)(H,25,26). The Morgan fingerprint density at radius 3 is 2.62 bits per heavy atom. The molecule has 2 N–H and O–H groups in total. The SMILES string of the molecule is CCc1c(C)nc2ccccc2c1NCC(=O)Nc1ccc(F)c(F)c1. The summed E-state index contributed by atoms with van der Waals surface area (Å²) < 4.78 is 26.2. The summed E-state index contributed by atoms with van der Waals surface area (Å²) in [6.07, 6.45) is 0.775. The monoisotopic (exact) mass is 355 g/mol. The number of pyridine rings is 1. The highest BCUT2D eigenvalue weighted by Gasteiger charge is 2.13. The Labute approximate surface area is 150 Å². The molecule has 0 aliphatic heterocycles. The molecule has 1 amide bonds. The fourth-order valence-corrected chi connectivity index (χ4v) is 2.96. The van der Waals surface area contributed by atoms with Crippen LogP contribution in [-0.4, -0.2) is 17.4 Å². The Morgan fingerprint density at radius 2 is 1.88 bits per heavy atom. The molecule has 0 aliphatic carbocycles. The molecule has 2 aromatic carbocycles. The van der Waals surface area contributed by atoms with Crippen LogP contribution >= 0.6 is 0 Å². The molecule has 0 spiro atoms. The van der Waals surface area contributed by atoms with Crippen molar-refractivity contribution in [1.82, 2.24) is 4.98 Å². The maximum atomic E-state index is 13.2. The number of hydrogen-bond acceptors (Lipinski definition) is 3. The van der Waals surface area contributed by atoms with Gasteiger partial charge >= 0.3 is 0 Å². The number of benzene rings is 2. The van der Waals surface area contributed by atoms with Crippen LogP contribution in [0, 0.1) is 18.6 Å². The van der Waals surface area contributed by atoms with Gasteiger partial charge in [-0.05, 0) is 37.1 Å². The van der Waals surface area contributed by atoms with Crippen molar-refractivity contribution >= 4 is 28.2 Å². The minimum atomic E-state index is -1.00. The van der Waals surface area contributed by atoms with Crippen LogP contribution in [0.25, 0.3) is 10.9 Å². The molecular formula is C20H19F2N3O. The molecule has 0 saturated heterocycles. The number of nitrogens with one attached hydrogen (secondary N) is 2. The van der Waals surface area contributed by atoms with Crippen molar-refractivity contribution in [1.29, 1.82) is 0 Å². The summed E-state index contributed by atoms with van der Waals surface area (Å²) in [5.74, 6) is -2.30. The van der Waals surface area contributed by atoms with Gasteiger partial charge < -0.3 is 10.6 Å². The lowest BCUT2D eigenvalue weighted by Crippen LogP contribution is -2.22. The first-order valence-corrected chi connectivity index (χ1v) is 8.36. The Morgan fingerprint density at radius 1 is 1.12 bits per heavy atom. The predicted molar refractivity (Wildman–Crippen MR) is 99.3 cm³/mol. The highest BCUT2D eigenvalue weighted by atomic mass is 19.2. The van der Waals surface area contributed by atoms with Gasteiger partial charge in [-0.2, -0.15) is 0 Å². The third-order valence-corrected chi connectivity index (χ3v) is 4.18. The highest BCUT2D eigenvalue weighted by molar-refractivity contribution is 5.98. The molecule has 134 valence electrons. The van der Waals surface area contributed by atoms with Crippen molar-refractivity contribution < 1.29 is 13.6 Å². The predicted octanol–water partition coefficient (Wildman–Crippen LogP) is 4.43. The van der Waals surface area contributed by atoms with E-state index in [0.29, 0.717) is 0 Å². The van der Waals surface area contributed by atoms with Crippen molar-refractivity contribution in [2.45, 2.75) is 20.3 Å². The van der Waals surface area contributed by atoms with E-state index in [1.165, 1.54) is 6.07 Å². The quantitative estimate of drug-likeness (QED) is 0.712. The summed E-state index contributed by atoms with van der Waals surface area (Å²) in [4.78, 5) is 16.8. The molecule has 1 aromatic heterocycles. The molecule has 1 heterocycles. The molecule has 4 nitrogen and oxygen atoms in total. The van der Waals surface area contributed by atoms with Crippen molar-refractivity contribution in [3.63, 3.8) is 0 Å². The first-order chi connectivity index (χ1) is 12.5. The number of aryl methyl sites for hydroxylation is 1. The number of hydrogen-bond donors (Lipinski definition) is 2. The van der Waals surface area contributed by atoms with Gasteiger partial charge in [0.1, 0.15) is 0 Å². The van der Waals surface area contributed by atoms with Gasteiger partial charge in [0.15, 0.2) is 11.6 Å². The Bertz CT molecular complexity index is 973. The lowest BCUT2D eigenvalue weighted by molar-refractivity contribution is -0.114. The molecular weight excluding hydrogens is 336 g/mol. The van der Waals surface area contributed by atoms with Gasteiger partial charge in [0.25, 0.3) is 0 Å². The molecule has 3 rings (SSSR count). The molecule has 0 fully saturated rings. The van der Waals surface area contributed by atoms with Crippen LogP contribution in [0.5, 0.6) is 0 Å². The van der Waals surface area contributed by atoms with Gasteiger partial charge in [-0.25, -0.2) is 8.78 Å². The number of rotatable bonds is 5. The van der Waals surface area contributed by atoms with E-state index >= 15 is 0 Å². The van der Waals surface area contributed by atoms with Gasteiger partial charge in [-0.1, -0.05) is 25.1 Å². The lowest BCUT2D eigenvalue weighted by Gasteiger charge is -2.16. The van der Waals surface area contributed by atoms with Crippen molar-refractivity contribution in [2.75, 3.05) is 17.2 Å². The van der Waals surface area contributed by atoms with E-state index < -0.39 is 11.6 Å². The van der Waals surface area contributed by atoms with E-state index in [9.17, 15) is 13.6 Å². The average Bonchev–Trinajstić information content (AvgIpc) is 2.62. The van der Waals surface area contributed by atoms with Crippen LogP contribution in [-0.2, 0) is 11.2 Å². The first kappa shape index (κ1) is 17.8. The van der Waals surface area contributed by atoms with Gasteiger partial charge in [0, 0.05) is 28.5 Å². The number of amides is 1. The number of anilines is 2. The number of carbonyl (C=O) groups excluding carboxylic acids is 1. The molecule has 26 heavy (non-hydrogen) atoms. The molecule has 0 unspecified atom stereocenters. The van der Waals surface area contributed by atoms with Crippen LogP contribution in [0.2, 0.25) is 0 Å². The highest BCUT2D eigenvalue weighted by Crippen LogP contribution is 2.28. The average molecular weight is 355 g/mol. The van der Waals surface area contributed by atoms with E-state index in [1.807, 2.05) is 38.1 Å². The second-order valence-corrected chi connectivity index (χ2v) is 5.95. The Kier molecular flexibility index (Phi) is 5.11. The van der Waals surface area contributed by atoms with Gasteiger partial charge in [-0.3, -0.25) is 9.78 Å². The van der Waals surface area contributed by atoms with Crippen molar-refractivity contribution in [2.24, 2.45) is 0 Å². The molecule has 0 bridgehead atoms. The van der Waals surface area contributed by atoms with Gasteiger partial charge in [0.2, 0.25) is 5.91 Å². The van der Waals surface area contributed by atoms with Crippen LogP contribution in [0.15, 0.2) is 42.5 Å². The lowest BCUT2D eigenvalue weighted by atomic mass is 10.0. The smallest absolute Gasteiger partial charge is 0.243 e. The summed E-state index contributed by atoms with van der Waals surface area (Å²) in [5.41, 5.74) is 3.89.